The van der Waals surface area contributed by atoms with E-state index in [1.54, 1.807) is 14.0 Å². The lowest BCUT2D eigenvalue weighted by Gasteiger charge is -1.97. The molecule has 3 heteroatoms. The summed E-state index contributed by atoms with van der Waals surface area (Å²) in [6, 6.07) is 0. The third kappa shape index (κ3) is 5.28. The fourth-order valence-electron chi connectivity index (χ4n) is 0.639. The van der Waals surface area contributed by atoms with Crippen molar-refractivity contribution in [2.45, 2.75) is 26.2 Å². The average molecular weight is 142 g/mol. The molecule has 2 N–H and O–H groups in total. The topological polar surface area (TPSA) is 53.0 Å². The standard InChI is InChI=1S/C7H14N2O/c1-6(8)4-3-5-7(10)9-2/h8H,3-5H2,1-2H3,(H,9,10). The predicted octanol–water partition coefficient (Wildman–Crippen LogP) is 0.942. The number of hydrogen-bond acceptors (Lipinski definition) is 2. The molecule has 0 aliphatic rings. The van der Waals surface area contributed by atoms with E-state index in [2.05, 4.69) is 5.32 Å². The Morgan fingerprint density at radius 2 is 2.10 bits per heavy atom. The lowest BCUT2D eigenvalue weighted by molar-refractivity contribution is -0.120. The summed E-state index contributed by atoms with van der Waals surface area (Å²) >= 11 is 0. The zero-order valence-corrected chi connectivity index (χ0v) is 6.53. The fraction of sp³-hybridized carbons (Fsp3) is 0.714. The molecule has 58 valence electrons. The molecule has 0 aliphatic heterocycles. The minimum absolute atomic E-state index is 0.0567. The van der Waals surface area contributed by atoms with Gasteiger partial charge >= 0.3 is 0 Å². The van der Waals surface area contributed by atoms with E-state index in [0.29, 0.717) is 12.1 Å². The first-order valence-electron chi connectivity index (χ1n) is 3.41. The highest BCUT2D eigenvalue weighted by atomic mass is 16.1. The molecule has 0 bridgehead atoms. The van der Waals surface area contributed by atoms with Gasteiger partial charge in [-0.15, -0.1) is 0 Å². The van der Waals surface area contributed by atoms with Crippen LogP contribution in [0.25, 0.3) is 0 Å². The van der Waals surface area contributed by atoms with Crippen molar-refractivity contribution < 1.29 is 4.79 Å². The van der Waals surface area contributed by atoms with E-state index in [-0.39, 0.29) is 5.91 Å². The van der Waals surface area contributed by atoms with Gasteiger partial charge in [0.25, 0.3) is 0 Å². The van der Waals surface area contributed by atoms with Gasteiger partial charge in [0.1, 0.15) is 0 Å². The molecule has 0 saturated carbocycles. The maximum absolute atomic E-state index is 10.6. The quantitative estimate of drug-likeness (QED) is 0.564. The summed E-state index contributed by atoms with van der Waals surface area (Å²) in [7, 11) is 1.62. The molecule has 0 unspecified atom stereocenters. The lowest BCUT2D eigenvalue weighted by atomic mass is 10.2. The normalized spacial score (nSPS) is 9.00. The number of carbonyl (C=O) groups is 1. The number of nitrogens with one attached hydrogen (secondary N) is 2. The highest BCUT2D eigenvalue weighted by molar-refractivity contribution is 5.80. The Labute approximate surface area is 61.3 Å². The van der Waals surface area contributed by atoms with Crippen molar-refractivity contribution in [2.24, 2.45) is 0 Å². The van der Waals surface area contributed by atoms with Crippen molar-refractivity contribution in [1.29, 1.82) is 5.41 Å². The van der Waals surface area contributed by atoms with E-state index in [1.807, 2.05) is 0 Å². The molecule has 0 aliphatic carbocycles. The van der Waals surface area contributed by atoms with Crippen molar-refractivity contribution in [3.8, 4) is 0 Å². The minimum atomic E-state index is 0.0567. The van der Waals surface area contributed by atoms with Crippen LogP contribution in [0.3, 0.4) is 0 Å². The number of rotatable bonds is 4. The third-order valence-corrected chi connectivity index (χ3v) is 1.23. The third-order valence-electron chi connectivity index (χ3n) is 1.23. The van der Waals surface area contributed by atoms with Gasteiger partial charge in [-0.1, -0.05) is 0 Å². The number of amides is 1. The Bertz CT molecular complexity index is 132. The molecule has 0 heterocycles. The Morgan fingerprint density at radius 3 is 2.50 bits per heavy atom. The fourth-order valence-corrected chi connectivity index (χ4v) is 0.639. The SMILES string of the molecule is CNC(=O)CCCC(C)=N. The van der Waals surface area contributed by atoms with Crippen LogP contribution in [-0.2, 0) is 4.79 Å². The summed E-state index contributed by atoms with van der Waals surface area (Å²) in [5.41, 5.74) is 0.643. The van der Waals surface area contributed by atoms with Crippen LogP contribution in [0.2, 0.25) is 0 Å². The Kier molecular flexibility index (Phi) is 4.54. The molecular weight excluding hydrogens is 128 g/mol. The first kappa shape index (κ1) is 9.14. The maximum Gasteiger partial charge on any atom is 0.219 e. The van der Waals surface area contributed by atoms with Crippen LogP contribution in [0, 0.1) is 5.41 Å². The summed E-state index contributed by atoms with van der Waals surface area (Å²) in [6.07, 6.45) is 2.05. The van der Waals surface area contributed by atoms with Gasteiger partial charge in [-0.2, -0.15) is 0 Å². The molecule has 3 nitrogen and oxygen atoms in total. The molecule has 0 saturated heterocycles. The molecule has 0 aromatic rings. The van der Waals surface area contributed by atoms with E-state index in [0.717, 1.165) is 12.8 Å². The summed E-state index contributed by atoms with van der Waals surface area (Å²) in [6.45, 7) is 1.75. The van der Waals surface area contributed by atoms with E-state index < -0.39 is 0 Å². The van der Waals surface area contributed by atoms with Crippen LogP contribution < -0.4 is 5.32 Å². The van der Waals surface area contributed by atoms with Crippen molar-refractivity contribution in [1.82, 2.24) is 5.32 Å². The van der Waals surface area contributed by atoms with Crippen LogP contribution in [0.5, 0.6) is 0 Å². The van der Waals surface area contributed by atoms with Crippen LogP contribution in [0.15, 0.2) is 0 Å². The van der Waals surface area contributed by atoms with Gasteiger partial charge in [-0.05, 0) is 19.8 Å². The van der Waals surface area contributed by atoms with Gasteiger partial charge in [0.15, 0.2) is 0 Å². The summed E-state index contributed by atoms with van der Waals surface area (Å²) < 4.78 is 0. The van der Waals surface area contributed by atoms with E-state index in [1.165, 1.54) is 0 Å². The Morgan fingerprint density at radius 1 is 1.50 bits per heavy atom. The van der Waals surface area contributed by atoms with Gasteiger partial charge in [0.05, 0.1) is 0 Å². The van der Waals surface area contributed by atoms with E-state index >= 15 is 0 Å². The zero-order chi connectivity index (χ0) is 7.98. The maximum atomic E-state index is 10.6. The minimum Gasteiger partial charge on any atom is -0.359 e. The predicted molar refractivity (Wildman–Crippen MR) is 41.3 cm³/mol. The summed E-state index contributed by atoms with van der Waals surface area (Å²) in [5.74, 6) is 0.0567. The molecule has 0 radical (unpaired) electrons. The number of hydrogen-bond donors (Lipinski definition) is 2. The smallest absolute Gasteiger partial charge is 0.219 e. The highest BCUT2D eigenvalue weighted by Gasteiger charge is 1.96. The average Bonchev–Trinajstić information content (AvgIpc) is 1.87. The zero-order valence-electron chi connectivity index (χ0n) is 6.53. The van der Waals surface area contributed by atoms with Crippen LogP contribution in [0.4, 0.5) is 0 Å². The Hall–Kier alpha value is -0.860. The summed E-state index contributed by atoms with van der Waals surface area (Å²) in [4.78, 5) is 10.6. The van der Waals surface area contributed by atoms with Crippen LogP contribution >= 0.6 is 0 Å². The van der Waals surface area contributed by atoms with Crippen LogP contribution in [0.1, 0.15) is 26.2 Å². The number of carbonyl (C=O) groups excluding carboxylic acids is 1. The molecule has 1 amide bonds. The van der Waals surface area contributed by atoms with Gasteiger partial charge < -0.3 is 10.7 Å². The van der Waals surface area contributed by atoms with Crippen molar-refractivity contribution in [3.63, 3.8) is 0 Å². The molecule has 10 heavy (non-hydrogen) atoms. The van der Waals surface area contributed by atoms with Gasteiger partial charge in [0, 0.05) is 19.2 Å². The second-order valence-corrected chi connectivity index (χ2v) is 2.31. The first-order valence-corrected chi connectivity index (χ1v) is 3.41. The first-order chi connectivity index (χ1) is 4.66. The molecule has 0 fully saturated rings. The highest BCUT2D eigenvalue weighted by Crippen LogP contribution is 1.95. The van der Waals surface area contributed by atoms with Gasteiger partial charge in [-0.3, -0.25) is 4.79 Å². The molecule has 0 spiro atoms. The van der Waals surface area contributed by atoms with E-state index in [4.69, 9.17) is 5.41 Å². The van der Waals surface area contributed by atoms with Gasteiger partial charge in [0.2, 0.25) is 5.91 Å². The van der Waals surface area contributed by atoms with Gasteiger partial charge in [-0.25, -0.2) is 0 Å². The monoisotopic (exact) mass is 142 g/mol. The van der Waals surface area contributed by atoms with Crippen molar-refractivity contribution in [2.75, 3.05) is 7.05 Å². The van der Waals surface area contributed by atoms with Crippen LogP contribution in [-0.4, -0.2) is 18.7 Å². The second-order valence-electron chi connectivity index (χ2n) is 2.31. The molecule has 0 aromatic heterocycles. The van der Waals surface area contributed by atoms with E-state index in [9.17, 15) is 4.79 Å². The molecule has 0 atom stereocenters. The molecular formula is C7H14N2O. The summed E-state index contributed by atoms with van der Waals surface area (Å²) in [5, 5.41) is 9.59. The largest absolute Gasteiger partial charge is 0.359 e. The molecule has 0 aromatic carbocycles. The molecule has 0 rings (SSSR count). The second kappa shape index (κ2) is 4.97. The lowest BCUT2D eigenvalue weighted by Crippen LogP contribution is -2.17. The van der Waals surface area contributed by atoms with Crippen molar-refractivity contribution >= 4 is 11.6 Å². The Balaban J connectivity index is 3.20. The van der Waals surface area contributed by atoms with Crippen molar-refractivity contribution in [3.05, 3.63) is 0 Å².